The van der Waals surface area contributed by atoms with Gasteiger partial charge in [-0.05, 0) is 25.7 Å². The van der Waals surface area contributed by atoms with Gasteiger partial charge in [-0.1, -0.05) is 387 Å². The van der Waals surface area contributed by atoms with Crippen LogP contribution in [0.3, 0.4) is 0 Å². The first-order valence-electron chi connectivity index (χ1n) is 42.3. The molecule has 0 aliphatic rings. The van der Waals surface area contributed by atoms with Crippen molar-refractivity contribution in [3.8, 4) is 0 Å². The maximum Gasteiger partial charge on any atom is 0.472 e. The average Bonchev–Trinajstić information content (AvgIpc) is 0.947. The molecule has 100 heavy (non-hydrogen) atoms. The molecule has 594 valence electrons. The van der Waals surface area contributed by atoms with Gasteiger partial charge in [0.1, 0.15) is 19.3 Å². The summed E-state index contributed by atoms with van der Waals surface area (Å²) in [6, 6.07) is 0. The third-order valence-corrected chi connectivity index (χ3v) is 21.0. The predicted octanol–water partition coefficient (Wildman–Crippen LogP) is 24.6. The van der Waals surface area contributed by atoms with Crippen molar-refractivity contribution in [1.29, 1.82) is 0 Å². The summed E-state index contributed by atoms with van der Waals surface area (Å²) in [5.74, 6) is -2.10. The first-order chi connectivity index (χ1) is 48.7. The molecular formula is C81H158O17P2. The highest BCUT2D eigenvalue weighted by molar-refractivity contribution is 7.47. The molecule has 0 heterocycles. The van der Waals surface area contributed by atoms with Crippen molar-refractivity contribution in [1.82, 2.24) is 0 Å². The molecule has 0 fully saturated rings. The van der Waals surface area contributed by atoms with Crippen molar-refractivity contribution in [2.75, 3.05) is 39.6 Å². The number of aliphatic hydroxyl groups is 1. The monoisotopic (exact) mass is 1470 g/mol. The molecular weight excluding hydrogens is 1310 g/mol. The number of phosphoric ester groups is 2. The molecule has 19 heteroatoms. The van der Waals surface area contributed by atoms with E-state index < -0.39 is 97.5 Å². The van der Waals surface area contributed by atoms with Gasteiger partial charge in [0, 0.05) is 25.7 Å². The van der Waals surface area contributed by atoms with Gasteiger partial charge in [0.15, 0.2) is 12.2 Å². The Morgan fingerprint density at radius 3 is 0.590 bits per heavy atom. The van der Waals surface area contributed by atoms with Crippen LogP contribution < -0.4 is 0 Å². The molecule has 0 aromatic rings. The van der Waals surface area contributed by atoms with Gasteiger partial charge in [0.05, 0.1) is 26.4 Å². The zero-order valence-corrected chi connectivity index (χ0v) is 67.0. The van der Waals surface area contributed by atoms with E-state index in [4.69, 9.17) is 37.0 Å². The lowest BCUT2D eigenvalue weighted by Crippen LogP contribution is -2.30. The summed E-state index contributed by atoms with van der Waals surface area (Å²) in [4.78, 5) is 73.0. The number of hydrogen-bond donors (Lipinski definition) is 3. The van der Waals surface area contributed by atoms with Gasteiger partial charge in [-0.3, -0.25) is 37.3 Å². The van der Waals surface area contributed by atoms with Crippen LogP contribution in [-0.2, 0) is 65.4 Å². The van der Waals surface area contributed by atoms with Gasteiger partial charge >= 0.3 is 39.5 Å². The first kappa shape index (κ1) is 98.1. The molecule has 0 rings (SSSR count). The SMILES string of the molecule is CCCCCCCCCCCCCCCCCCCCCCCC(=O)O[C@H](COC(=O)CCCCCCCCCCCCCCCCC)COP(=O)(O)OC[C@@H](O)COP(=O)(O)OC[C@@H](COC(=O)CCCCCCCCCCC)OC(=O)CCCCCCCCCCCCCCCCC. The molecule has 0 saturated carbocycles. The zero-order chi connectivity index (χ0) is 73.2. The van der Waals surface area contributed by atoms with E-state index in [1.54, 1.807) is 0 Å². The molecule has 3 N–H and O–H groups in total. The maximum atomic E-state index is 13.1. The van der Waals surface area contributed by atoms with Gasteiger partial charge in [0.25, 0.3) is 0 Å². The van der Waals surface area contributed by atoms with Crippen LogP contribution in [0.5, 0.6) is 0 Å². The summed E-state index contributed by atoms with van der Waals surface area (Å²) < 4.78 is 68.7. The molecule has 17 nitrogen and oxygen atoms in total. The second-order valence-electron chi connectivity index (χ2n) is 29.2. The van der Waals surface area contributed by atoms with Gasteiger partial charge in [-0.25, -0.2) is 9.13 Å². The third-order valence-electron chi connectivity index (χ3n) is 19.1. The first-order valence-corrected chi connectivity index (χ1v) is 45.3. The molecule has 0 bridgehead atoms. The molecule has 5 atom stereocenters. The van der Waals surface area contributed by atoms with E-state index in [1.165, 1.54) is 270 Å². The van der Waals surface area contributed by atoms with E-state index in [0.717, 1.165) is 89.9 Å². The van der Waals surface area contributed by atoms with Crippen LogP contribution in [-0.4, -0.2) is 96.7 Å². The second kappa shape index (κ2) is 75.3. The number of phosphoric acid groups is 2. The molecule has 0 amide bonds. The van der Waals surface area contributed by atoms with Crippen LogP contribution in [0.2, 0.25) is 0 Å². The summed E-state index contributed by atoms with van der Waals surface area (Å²) >= 11 is 0. The fourth-order valence-electron chi connectivity index (χ4n) is 12.6. The minimum atomic E-state index is -4.96. The van der Waals surface area contributed by atoms with E-state index in [1.807, 2.05) is 0 Å². The normalized spacial score (nSPS) is 13.8. The Morgan fingerprint density at radius 1 is 0.240 bits per heavy atom. The summed E-state index contributed by atoms with van der Waals surface area (Å²) in [7, 11) is -9.91. The lowest BCUT2D eigenvalue weighted by molar-refractivity contribution is -0.161. The zero-order valence-electron chi connectivity index (χ0n) is 65.2. The van der Waals surface area contributed by atoms with Crippen LogP contribution in [0.1, 0.15) is 439 Å². The predicted molar refractivity (Wildman–Crippen MR) is 409 cm³/mol. The van der Waals surface area contributed by atoms with Crippen molar-refractivity contribution in [3.63, 3.8) is 0 Å². The van der Waals surface area contributed by atoms with Gasteiger partial charge in [-0.15, -0.1) is 0 Å². The molecule has 0 aromatic carbocycles. The lowest BCUT2D eigenvalue weighted by Gasteiger charge is -2.21. The van der Waals surface area contributed by atoms with Crippen LogP contribution in [0.15, 0.2) is 0 Å². The largest absolute Gasteiger partial charge is 0.472 e. The summed E-state index contributed by atoms with van der Waals surface area (Å²) in [5, 5.41) is 10.6. The molecule has 0 aliphatic heterocycles. The Hall–Kier alpha value is -1.94. The fraction of sp³-hybridized carbons (Fsp3) is 0.951. The van der Waals surface area contributed by atoms with Crippen LogP contribution in [0.4, 0.5) is 0 Å². The van der Waals surface area contributed by atoms with Gasteiger partial charge in [-0.2, -0.15) is 0 Å². The minimum Gasteiger partial charge on any atom is -0.462 e. The fourth-order valence-corrected chi connectivity index (χ4v) is 14.2. The summed E-state index contributed by atoms with van der Waals surface area (Å²) in [6.07, 6.45) is 68.0. The number of hydrogen-bond acceptors (Lipinski definition) is 15. The van der Waals surface area contributed by atoms with Crippen LogP contribution in [0.25, 0.3) is 0 Å². The number of ether oxygens (including phenoxy) is 4. The third kappa shape index (κ3) is 74.3. The van der Waals surface area contributed by atoms with Gasteiger partial charge < -0.3 is 33.8 Å². The number of esters is 4. The maximum absolute atomic E-state index is 13.1. The Balaban J connectivity index is 5.20. The van der Waals surface area contributed by atoms with E-state index in [2.05, 4.69) is 27.7 Å². The van der Waals surface area contributed by atoms with Crippen molar-refractivity contribution in [2.24, 2.45) is 0 Å². The average molecular weight is 1470 g/mol. The standard InChI is InChI=1S/C81H158O17P2/c1-5-9-13-17-21-25-28-31-34-35-36-37-38-39-42-45-48-52-56-60-64-68-81(86)98-77(72-92-79(84)66-62-58-54-50-46-43-40-32-29-26-22-18-14-10-6-2)74-96-100(89,90)94-70-75(82)69-93-99(87,88)95-73-76(71-91-78(83)65-61-57-53-49-24-20-16-12-8-4)97-80(85)67-63-59-55-51-47-44-41-33-30-27-23-19-15-11-7-3/h75-77,82H,5-74H2,1-4H3,(H,87,88)(H,89,90)/t75-,76+,77+/m0/s1. The highest BCUT2D eigenvalue weighted by Gasteiger charge is 2.30. The molecule has 2 unspecified atom stereocenters. The number of aliphatic hydroxyl groups excluding tert-OH is 1. The second-order valence-corrected chi connectivity index (χ2v) is 32.1. The van der Waals surface area contributed by atoms with Gasteiger partial charge in [0.2, 0.25) is 0 Å². The van der Waals surface area contributed by atoms with E-state index in [-0.39, 0.29) is 25.7 Å². The Labute approximate surface area is 613 Å². The molecule has 0 saturated heterocycles. The molecule has 0 spiro atoms. The quantitative estimate of drug-likeness (QED) is 0.0222. The highest BCUT2D eigenvalue weighted by Crippen LogP contribution is 2.45. The Kier molecular flexibility index (Phi) is 73.8. The van der Waals surface area contributed by atoms with E-state index >= 15 is 0 Å². The molecule has 0 aromatic heterocycles. The minimum absolute atomic E-state index is 0.109. The summed E-state index contributed by atoms with van der Waals surface area (Å²) in [6.45, 7) is 5.01. The van der Waals surface area contributed by atoms with Crippen molar-refractivity contribution in [3.05, 3.63) is 0 Å². The van der Waals surface area contributed by atoms with Crippen molar-refractivity contribution >= 4 is 39.5 Å². The number of unbranched alkanes of at least 4 members (excludes halogenated alkanes) is 56. The topological polar surface area (TPSA) is 237 Å². The lowest BCUT2D eigenvalue weighted by atomic mass is 10.0. The van der Waals surface area contributed by atoms with Crippen molar-refractivity contribution < 1.29 is 80.2 Å². The van der Waals surface area contributed by atoms with E-state index in [0.29, 0.717) is 25.7 Å². The Bertz CT molecular complexity index is 1890. The van der Waals surface area contributed by atoms with Crippen molar-refractivity contribution in [2.45, 2.75) is 457 Å². The highest BCUT2D eigenvalue weighted by atomic mass is 31.2. The number of carbonyl (C=O) groups is 4. The summed E-state index contributed by atoms with van der Waals surface area (Å²) in [5.41, 5.74) is 0. The molecule has 0 radical (unpaired) electrons. The van der Waals surface area contributed by atoms with E-state index in [9.17, 15) is 43.2 Å². The number of carbonyl (C=O) groups excluding carboxylic acids is 4. The van der Waals surface area contributed by atoms with Crippen LogP contribution >= 0.6 is 15.6 Å². The smallest absolute Gasteiger partial charge is 0.462 e. The molecule has 0 aliphatic carbocycles. The van der Waals surface area contributed by atoms with Crippen LogP contribution in [0, 0.1) is 0 Å². The number of rotatable bonds is 82. The Morgan fingerprint density at radius 2 is 0.400 bits per heavy atom.